The average Bonchev–Trinajstić information content (AvgIpc) is 3.26. The summed E-state index contributed by atoms with van der Waals surface area (Å²) in [5.74, 6) is 0.216. The number of ether oxygens (including phenoxy) is 2. The molecule has 1 spiro atoms. The van der Waals surface area contributed by atoms with E-state index in [2.05, 4.69) is 5.32 Å². The number of piperidine rings is 1. The van der Waals surface area contributed by atoms with Crippen molar-refractivity contribution in [1.29, 1.82) is 0 Å². The molecule has 2 aromatic rings. The molecule has 2 aliphatic heterocycles. The van der Waals surface area contributed by atoms with Gasteiger partial charge in [-0.3, -0.25) is 19.3 Å². The second kappa shape index (κ2) is 11.2. The number of carbonyl (C=O) groups excluding carboxylic acids is 3. The van der Waals surface area contributed by atoms with Crippen molar-refractivity contribution >= 4 is 17.7 Å². The molecule has 0 radical (unpaired) electrons. The van der Waals surface area contributed by atoms with Gasteiger partial charge in [0.05, 0.1) is 19.8 Å². The summed E-state index contributed by atoms with van der Waals surface area (Å²) in [5.41, 5.74) is 0.377. The van der Waals surface area contributed by atoms with Crippen LogP contribution in [0.25, 0.3) is 0 Å². The number of nitrogens with one attached hydrogen (secondary N) is 1. The lowest BCUT2D eigenvalue weighted by Crippen LogP contribution is -2.60. The fraction of sp³-hybridized carbons (Fsp3) is 0.500. The molecule has 0 aliphatic carbocycles. The Bertz CT molecular complexity index is 1130. The molecule has 1 N–H and O–H groups in total. The fourth-order valence-electron chi connectivity index (χ4n) is 5.25. The molecule has 38 heavy (non-hydrogen) atoms. The molecule has 2 saturated heterocycles. The highest BCUT2D eigenvalue weighted by molar-refractivity contribution is 5.98. The fourth-order valence-corrected chi connectivity index (χ4v) is 5.25. The molecule has 0 unspecified atom stereocenters. The second-order valence-corrected chi connectivity index (χ2v) is 11.4. The Morgan fingerprint density at radius 2 is 1.68 bits per heavy atom. The molecule has 4 rings (SSSR count). The smallest absolute Gasteiger partial charge is 0.256 e. The highest BCUT2D eigenvalue weighted by Crippen LogP contribution is 2.39. The number of amides is 3. The van der Waals surface area contributed by atoms with E-state index in [9.17, 15) is 14.4 Å². The van der Waals surface area contributed by atoms with Gasteiger partial charge in [0.1, 0.15) is 17.5 Å². The van der Waals surface area contributed by atoms with Crippen molar-refractivity contribution in [2.75, 3.05) is 26.8 Å². The van der Waals surface area contributed by atoms with Gasteiger partial charge < -0.3 is 19.7 Å². The van der Waals surface area contributed by atoms with Gasteiger partial charge in [0.2, 0.25) is 11.8 Å². The van der Waals surface area contributed by atoms with Gasteiger partial charge in [0.15, 0.2) is 0 Å². The van der Waals surface area contributed by atoms with Crippen LogP contribution in [-0.2, 0) is 14.3 Å². The highest BCUT2D eigenvalue weighted by Gasteiger charge is 2.54. The van der Waals surface area contributed by atoms with E-state index in [1.54, 1.807) is 36.3 Å². The Kier molecular flexibility index (Phi) is 8.11. The molecule has 0 bridgehead atoms. The maximum absolute atomic E-state index is 13.9. The van der Waals surface area contributed by atoms with Crippen LogP contribution in [0.1, 0.15) is 68.9 Å². The van der Waals surface area contributed by atoms with Gasteiger partial charge in [-0.15, -0.1) is 0 Å². The summed E-state index contributed by atoms with van der Waals surface area (Å²) >= 11 is 0. The van der Waals surface area contributed by atoms with Crippen LogP contribution in [0, 0.1) is 5.41 Å². The van der Waals surface area contributed by atoms with Crippen molar-refractivity contribution in [1.82, 2.24) is 15.1 Å². The molecular weight excluding hydrogens is 482 g/mol. The summed E-state index contributed by atoms with van der Waals surface area (Å²) in [6, 6.07) is 15.6. The van der Waals surface area contributed by atoms with E-state index in [-0.39, 0.29) is 35.8 Å². The van der Waals surface area contributed by atoms with E-state index >= 15 is 0 Å². The number of benzene rings is 2. The maximum Gasteiger partial charge on any atom is 0.256 e. The van der Waals surface area contributed by atoms with Crippen LogP contribution >= 0.6 is 0 Å². The molecule has 2 fully saturated rings. The van der Waals surface area contributed by atoms with Gasteiger partial charge in [0, 0.05) is 37.9 Å². The Hall–Kier alpha value is -3.39. The number of nitrogens with zero attached hydrogens (tertiary/aromatic N) is 2. The van der Waals surface area contributed by atoms with Crippen LogP contribution in [0.3, 0.4) is 0 Å². The van der Waals surface area contributed by atoms with Crippen LogP contribution < -0.4 is 10.1 Å². The molecule has 8 nitrogen and oxygen atoms in total. The van der Waals surface area contributed by atoms with Gasteiger partial charge in [-0.2, -0.15) is 0 Å². The van der Waals surface area contributed by atoms with Crippen molar-refractivity contribution in [3.05, 3.63) is 65.7 Å². The number of methoxy groups -OCH3 is 1. The number of rotatable bonds is 6. The molecular formula is C30H39N3O5. The van der Waals surface area contributed by atoms with Gasteiger partial charge in [-0.1, -0.05) is 51.1 Å². The largest absolute Gasteiger partial charge is 0.497 e. The van der Waals surface area contributed by atoms with E-state index in [4.69, 9.17) is 9.47 Å². The number of hydrogen-bond donors (Lipinski definition) is 1. The zero-order chi connectivity index (χ0) is 27.5. The van der Waals surface area contributed by atoms with Crippen molar-refractivity contribution in [2.24, 2.45) is 5.41 Å². The molecule has 2 heterocycles. The Morgan fingerprint density at radius 3 is 2.26 bits per heavy atom. The first-order valence-corrected chi connectivity index (χ1v) is 13.3. The Morgan fingerprint density at radius 1 is 1.05 bits per heavy atom. The predicted octanol–water partition coefficient (Wildman–Crippen LogP) is 4.17. The van der Waals surface area contributed by atoms with Crippen molar-refractivity contribution in [3.8, 4) is 5.75 Å². The predicted molar refractivity (Wildman–Crippen MR) is 145 cm³/mol. The lowest BCUT2D eigenvalue weighted by atomic mass is 9.90. The highest BCUT2D eigenvalue weighted by atomic mass is 16.5. The third-order valence-electron chi connectivity index (χ3n) is 7.36. The topological polar surface area (TPSA) is 88.2 Å². The van der Waals surface area contributed by atoms with E-state index in [0.29, 0.717) is 43.7 Å². The van der Waals surface area contributed by atoms with Crippen LogP contribution in [0.15, 0.2) is 54.6 Å². The molecule has 0 saturated carbocycles. The second-order valence-electron chi connectivity index (χ2n) is 11.4. The quantitative estimate of drug-likeness (QED) is 0.617. The van der Waals surface area contributed by atoms with Crippen LogP contribution in [0.5, 0.6) is 5.75 Å². The first kappa shape index (κ1) is 27.6. The van der Waals surface area contributed by atoms with E-state index in [1.165, 1.54) is 0 Å². The van der Waals surface area contributed by atoms with E-state index < -0.39 is 11.8 Å². The first-order valence-electron chi connectivity index (χ1n) is 13.3. The molecule has 0 aromatic heterocycles. The van der Waals surface area contributed by atoms with Gasteiger partial charge in [0.25, 0.3) is 5.91 Å². The summed E-state index contributed by atoms with van der Waals surface area (Å²) in [5, 5.41) is 3.07. The van der Waals surface area contributed by atoms with Gasteiger partial charge in [-0.05, 0) is 42.2 Å². The molecule has 2 aromatic carbocycles. The molecule has 3 amide bonds. The normalized spacial score (nSPS) is 19.8. The third kappa shape index (κ3) is 6.01. The first-order chi connectivity index (χ1) is 18.0. The summed E-state index contributed by atoms with van der Waals surface area (Å²) in [4.78, 5) is 43.8. The van der Waals surface area contributed by atoms with Gasteiger partial charge in [-0.25, -0.2) is 0 Å². The Labute approximate surface area is 225 Å². The minimum atomic E-state index is -0.951. The molecule has 2 atom stereocenters. The summed E-state index contributed by atoms with van der Waals surface area (Å²) < 4.78 is 11.6. The summed E-state index contributed by atoms with van der Waals surface area (Å²) in [6.07, 6.45) is 1.35. The molecule has 204 valence electrons. The monoisotopic (exact) mass is 521 g/mol. The third-order valence-corrected chi connectivity index (χ3v) is 7.36. The lowest BCUT2D eigenvalue weighted by Gasteiger charge is -2.45. The van der Waals surface area contributed by atoms with Crippen molar-refractivity contribution in [3.63, 3.8) is 0 Å². The van der Waals surface area contributed by atoms with Crippen LogP contribution in [0.2, 0.25) is 0 Å². The number of hydrogen-bond acceptors (Lipinski definition) is 5. The minimum absolute atomic E-state index is 0.101. The number of carbonyl (C=O) groups is 3. The lowest BCUT2D eigenvalue weighted by molar-refractivity contribution is -0.145. The minimum Gasteiger partial charge on any atom is -0.497 e. The van der Waals surface area contributed by atoms with E-state index in [0.717, 1.165) is 5.56 Å². The summed E-state index contributed by atoms with van der Waals surface area (Å²) in [7, 11) is 1.57. The summed E-state index contributed by atoms with van der Waals surface area (Å²) in [6.45, 7) is 9.10. The molecule has 2 aliphatic rings. The average molecular weight is 522 g/mol. The zero-order valence-electron chi connectivity index (χ0n) is 23.0. The zero-order valence-corrected chi connectivity index (χ0v) is 23.0. The Balaban J connectivity index is 1.57. The maximum atomic E-state index is 13.9. The van der Waals surface area contributed by atoms with Crippen molar-refractivity contribution < 1.29 is 23.9 Å². The standard InChI is InChI=1S/C30H39N3O5/c1-21(22-9-7-6-8-10-22)31-27(35)25-20-38-30(15-17-32(18-16-30)26(34)19-29(2,3)4)33(25)28(36)23-11-13-24(37-5)14-12-23/h6-14,21,25H,15-20H2,1-5H3,(H,31,35)/t21-,25-/m0/s1. The van der Waals surface area contributed by atoms with Crippen LogP contribution in [0.4, 0.5) is 0 Å². The number of likely N-dealkylation sites (tertiary alicyclic amines) is 1. The molecule has 8 heteroatoms. The van der Waals surface area contributed by atoms with Gasteiger partial charge >= 0.3 is 0 Å². The van der Waals surface area contributed by atoms with E-state index in [1.807, 2.05) is 62.9 Å². The van der Waals surface area contributed by atoms with Crippen molar-refractivity contribution in [2.45, 2.75) is 64.8 Å². The SMILES string of the molecule is COc1ccc(C(=O)N2[C@H](C(=O)N[C@@H](C)c3ccccc3)COC23CCN(C(=O)CC(C)(C)C)CC3)cc1. The van der Waals surface area contributed by atoms with Crippen LogP contribution in [-0.4, -0.2) is 66.1 Å².